The van der Waals surface area contributed by atoms with Gasteiger partial charge in [0.2, 0.25) is 10.0 Å². The van der Waals surface area contributed by atoms with Crippen LogP contribution in [-0.2, 0) is 22.7 Å². The van der Waals surface area contributed by atoms with Crippen molar-refractivity contribution in [1.82, 2.24) is 9.21 Å². The fraction of sp³-hybridized carbons (Fsp3) is 0.368. The molecule has 0 amide bonds. The van der Waals surface area contributed by atoms with Gasteiger partial charge in [-0.3, -0.25) is 4.90 Å². The lowest BCUT2D eigenvalue weighted by Crippen LogP contribution is -2.35. The smallest absolute Gasteiger partial charge is 0.298 e. The molecule has 0 aliphatic carbocycles. The molecule has 2 aromatic carbocycles. The minimum atomic E-state index is -4.35. The van der Waals surface area contributed by atoms with Crippen LogP contribution < -0.4 is 0 Å². The molecule has 1 heterocycles. The van der Waals surface area contributed by atoms with Crippen LogP contribution in [0, 0.1) is 0 Å². The molecule has 0 saturated carbocycles. The van der Waals surface area contributed by atoms with Gasteiger partial charge in [-0.25, -0.2) is 8.42 Å². The summed E-state index contributed by atoms with van der Waals surface area (Å²) in [7, 11) is -3.63. The minimum absolute atomic E-state index is 0.163. The highest BCUT2D eigenvalue weighted by Crippen LogP contribution is 2.29. The monoisotopic (exact) mass is 432 g/mol. The predicted molar refractivity (Wildman–Crippen MR) is 102 cm³/mol. The molecule has 0 atom stereocenters. The van der Waals surface area contributed by atoms with Crippen LogP contribution in [0.15, 0.2) is 53.4 Å². The summed E-state index contributed by atoms with van der Waals surface area (Å²) in [5, 5.41) is 0.361. The van der Waals surface area contributed by atoms with Gasteiger partial charge in [0.05, 0.1) is 10.5 Å². The van der Waals surface area contributed by atoms with Gasteiger partial charge in [0.1, 0.15) is 0 Å². The Hall–Kier alpha value is -1.61. The van der Waals surface area contributed by atoms with Crippen LogP contribution in [0.2, 0.25) is 5.02 Å². The Labute approximate surface area is 167 Å². The topological polar surface area (TPSA) is 40.6 Å². The molecule has 0 N–H and O–H groups in total. The van der Waals surface area contributed by atoms with Gasteiger partial charge in [0.15, 0.2) is 0 Å². The van der Waals surface area contributed by atoms with Crippen LogP contribution in [0.1, 0.15) is 17.5 Å². The Morgan fingerprint density at radius 3 is 2.32 bits per heavy atom. The lowest BCUT2D eigenvalue weighted by Gasteiger charge is -2.22. The van der Waals surface area contributed by atoms with E-state index in [1.807, 2.05) is 0 Å². The molecule has 0 unspecified atom stereocenters. The van der Waals surface area contributed by atoms with Crippen molar-refractivity contribution in [2.24, 2.45) is 0 Å². The molecule has 28 heavy (non-hydrogen) atoms. The lowest BCUT2D eigenvalue weighted by atomic mass is 10.1. The summed E-state index contributed by atoms with van der Waals surface area (Å²) in [6, 6.07) is 11.3. The first-order chi connectivity index (χ1) is 13.2. The Balaban J connectivity index is 1.65. The van der Waals surface area contributed by atoms with E-state index in [-0.39, 0.29) is 4.90 Å². The zero-order valence-corrected chi connectivity index (χ0v) is 16.6. The molecule has 0 aromatic heterocycles. The van der Waals surface area contributed by atoms with Crippen molar-refractivity contribution in [1.29, 1.82) is 0 Å². The van der Waals surface area contributed by atoms with Crippen LogP contribution in [-0.4, -0.2) is 43.8 Å². The lowest BCUT2D eigenvalue weighted by molar-refractivity contribution is -0.137. The van der Waals surface area contributed by atoms with Crippen molar-refractivity contribution in [3.05, 3.63) is 64.7 Å². The van der Waals surface area contributed by atoms with Crippen LogP contribution in [0.5, 0.6) is 0 Å². The first kappa shape index (κ1) is 21.1. The third-order valence-corrected chi connectivity index (χ3v) is 6.80. The summed E-state index contributed by atoms with van der Waals surface area (Å²) in [6.07, 6.45) is -3.71. The molecule has 0 bridgehead atoms. The van der Waals surface area contributed by atoms with Gasteiger partial charge in [0.25, 0.3) is 0 Å². The van der Waals surface area contributed by atoms with Gasteiger partial charge in [-0.1, -0.05) is 29.8 Å². The number of sulfonamides is 1. The Morgan fingerprint density at radius 1 is 0.964 bits per heavy atom. The number of halogens is 4. The van der Waals surface area contributed by atoms with Crippen LogP contribution in [0.3, 0.4) is 0 Å². The third-order valence-electron chi connectivity index (χ3n) is 4.67. The quantitative estimate of drug-likeness (QED) is 0.725. The van der Waals surface area contributed by atoms with Gasteiger partial charge in [-0.2, -0.15) is 17.5 Å². The maximum atomic E-state index is 12.8. The molecular weight excluding hydrogens is 413 g/mol. The van der Waals surface area contributed by atoms with E-state index in [2.05, 4.69) is 4.90 Å². The number of nitrogens with zero attached hydrogens (tertiary/aromatic N) is 2. The highest BCUT2D eigenvalue weighted by Gasteiger charge is 2.30. The normalized spacial score (nSPS) is 17.4. The summed E-state index contributed by atoms with van der Waals surface area (Å²) in [6.45, 7) is 2.35. The van der Waals surface area contributed by atoms with E-state index in [1.165, 1.54) is 28.6 Å². The second-order valence-corrected chi connectivity index (χ2v) is 9.06. The number of hydrogen-bond acceptors (Lipinski definition) is 3. The summed E-state index contributed by atoms with van der Waals surface area (Å²) >= 11 is 5.91. The fourth-order valence-corrected chi connectivity index (χ4v) is 4.95. The standard InChI is InChI=1S/C19H20ClF3N2O2S/c20-17-3-1-4-18(13-17)28(26,27)25-10-2-9-24(11-12-25)14-15-5-7-16(8-6-15)19(21,22)23/h1,3-8,13H,2,9-12,14H2. The maximum Gasteiger partial charge on any atom is 0.416 e. The average molecular weight is 433 g/mol. The van der Waals surface area contributed by atoms with E-state index >= 15 is 0 Å². The van der Waals surface area contributed by atoms with Gasteiger partial charge in [-0.05, 0) is 48.9 Å². The highest BCUT2D eigenvalue weighted by atomic mass is 35.5. The van der Waals surface area contributed by atoms with Crippen LogP contribution >= 0.6 is 11.6 Å². The van der Waals surface area contributed by atoms with Gasteiger partial charge < -0.3 is 0 Å². The average Bonchev–Trinajstić information content (AvgIpc) is 2.87. The Kier molecular flexibility index (Phi) is 6.34. The first-order valence-corrected chi connectivity index (χ1v) is 10.6. The van der Waals surface area contributed by atoms with Gasteiger partial charge in [-0.15, -0.1) is 0 Å². The van der Waals surface area contributed by atoms with Crippen molar-refractivity contribution in [2.75, 3.05) is 26.2 Å². The van der Waals surface area contributed by atoms with Crippen molar-refractivity contribution < 1.29 is 21.6 Å². The predicted octanol–water partition coefficient (Wildman–Crippen LogP) is 4.26. The number of benzene rings is 2. The largest absolute Gasteiger partial charge is 0.416 e. The van der Waals surface area contributed by atoms with Crippen molar-refractivity contribution in [3.63, 3.8) is 0 Å². The Morgan fingerprint density at radius 2 is 1.68 bits per heavy atom. The second kappa shape index (κ2) is 8.41. The van der Waals surface area contributed by atoms with E-state index in [9.17, 15) is 21.6 Å². The number of rotatable bonds is 4. The zero-order valence-electron chi connectivity index (χ0n) is 15.0. The first-order valence-electron chi connectivity index (χ1n) is 8.80. The summed E-state index contributed by atoms with van der Waals surface area (Å²) in [5.74, 6) is 0. The van der Waals surface area contributed by atoms with Crippen LogP contribution in [0.4, 0.5) is 13.2 Å². The van der Waals surface area contributed by atoms with E-state index in [0.717, 1.165) is 17.7 Å². The molecular formula is C19H20ClF3N2O2S. The molecule has 1 aliphatic rings. The number of hydrogen-bond donors (Lipinski definition) is 0. The van der Waals surface area contributed by atoms with E-state index in [0.29, 0.717) is 44.2 Å². The highest BCUT2D eigenvalue weighted by molar-refractivity contribution is 7.89. The number of alkyl halides is 3. The van der Waals surface area contributed by atoms with E-state index in [4.69, 9.17) is 11.6 Å². The van der Waals surface area contributed by atoms with E-state index < -0.39 is 21.8 Å². The molecule has 1 saturated heterocycles. The van der Waals surface area contributed by atoms with E-state index in [1.54, 1.807) is 12.1 Å². The molecule has 1 fully saturated rings. The molecule has 0 radical (unpaired) electrons. The van der Waals surface area contributed by atoms with Gasteiger partial charge in [0, 0.05) is 31.2 Å². The molecule has 0 spiro atoms. The summed E-state index contributed by atoms with van der Waals surface area (Å²) < 4.78 is 65.1. The van der Waals surface area contributed by atoms with Crippen molar-refractivity contribution in [3.8, 4) is 0 Å². The fourth-order valence-electron chi connectivity index (χ4n) is 3.18. The molecule has 9 heteroatoms. The van der Waals surface area contributed by atoms with Crippen LogP contribution in [0.25, 0.3) is 0 Å². The molecule has 1 aliphatic heterocycles. The Bertz CT molecular complexity index is 918. The molecule has 152 valence electrons. The second-order valence-electron chi connectivity index (χ2n) is 6.69. The maximum absolute atomic E-state index is 12.8. The summed E-state index contributed by atoms with van der Waals surface area (Å²) in [4.78, 5) is 2.21. The third kappa shape index (κ3) is 5.05. The zero-order chi connectivity index (χ0) is 20.4. The van der Waals surface area contributed by atoms with Crippen molar-refractivity contribution >= 4 is 21.6 Å². The molecule has 4 nitrogen and oxygen atoms in total. The summed E-state index contributed by atoms with van der Waals surface area (Å²) in [5.41, 5.74) is 0.0880. The van der Waals surface area contributed by atoms with Gasteiger partial charge >= 0.3 is 6.18 Å². The minimum Gasteiger partial charge on any atom is -0.298 e. The molecule has 2 aromatic rings. The SMILES string of the molecule is O=S(=O)(c1cccc(Cl)c1)N1CCCN(Cc2ccc(C(F)(F)F)cc2)CC1. The van der Waals surface area contributed by atoms with Crippen molar-refractivity contribution in [2.45, 2.75) is 24.0 Å². The molecule has 3 rings (SSSR count).